The molecule has 7 heteroatoms. The normalized spacial score (nSPS) is 10.8. The third-order valence-corrected chi connectivity index (χ3v) is 4.70. The predicted molar refractivity (Wildman–Crippen MR) is 107 cm³/mol. The first-order valence-electron chi connectivity index (χ1n) is 9.26. The summed E-state index contributed by atoms with van der Waals surface area (Å²) < 4.78 is 16.9. The van der Waals surface area contributed by atoms with Crippen molar-refractivity contribution in [3.63, 3.8) is 0 Å². The number of nitrogens with zero attached hydrogens (tertiary/aromatic N) is 4. The Kier molecular flexibility index (Phi) is 5.20. The summed E-state index contributed by atoms with van der Waals surface area (Å²) in [5.74, 6) is -0.106. The first kappa shape index (κ1) is 18.6. The summed E-state index contributed by atoms with van der Waals surface area (Å²) in [5, 5.41) is 11.2. The van der Waals surface area contributed by atoms with Crippen LogP contribution in [-0.2, 0) is 13.1 Å². The van der Waals surface area contributed by atoms with Crippen LogP contribution in [0, 0.1) is 12.7 Å². The minimum Gasteiger partial charge on any atom is -0.346 e. The highest BCUT2D eigenvalue weighted by Gasteiger charge is 2.21. The quantitative estimate of drug-likeness (QED) is 0.549. The van der Waals surface area contributed by atoms with E-state index in [2.05, 4.69) is 15.6 Å². The van der Waals surface area contributed by atoms with E-state index in [0.717, 1.165) is 16.7 Å². The number of aryl methyl sites for hydroxylation is 1. The molecule has 0 bridgehead atoms. The number of hydrogen-bond donors (Lipinski definition) is 1. The summed E-state index contributed by atoms with van der Waals surface area (Å²) in [7, 11) is 0. The van der Waals surface area contributed by atoms with E-state index in [1.807, 2.05) is 61.8 Å². The van der Waals surface area contributed by atoms with Gasteiger partial charge in [-0.05, 0) is 47.9 Å². The van der Waals surface area contributed by atoms with Gasteiger partial charge >= 0.3 is 0 Å². The van der Waals surface area contributed by atoms with Gasteiger partial charge in [-0.2, -0.15) is 0 Å². The standard InChI is InChI=1S/C22H20FN5O/c1-16-7-2-3-9-18(16)14-24-21(29)20-22(27-11-4-5-12-27)28(26-25-20)15-17-8-6-10-19(23)13-17/h2-13H,14-15H2,1H3,(H,24,29). The maximum Gasteiger partial charge on any atom is 0.276 e. The van der Waals surface area contributed by atoms with Crippen molar-refractivity contribution >= 4 is 5.91 Å². The zero-order valence-corrected chi connectivity index (χ0v) is 15.9. The van der Waals surface area contributed by atoms with Crippen LogP contribution in [0.5, 0.6) is 0 Å². The molecule has 1 N–H and O–H groups in total. The number of nitrogens with one attached hydrogen (secondary N) is 1. The third-order valence-electron chi connectivity index (χ3n) is 4.70. The smallest absolute Gasteiger partial charge is 0.276 e. The van der Waals surface area contributed by atoms with Gasteiger partial charge in [-0.1, -0.05) is 41.6 Å². The molecule has 0 unspecified atom stereocenters. The molecule has 0 atom stereocenters. The molecule has 4 rings (SSSR count). The van der Waals surface area contributed by atoms with Gasteiger partial charge < -0.3 is 9.88 Å². The van der Waals surface area contributed by atoms with Crippen LogP contribution in [0.15, 0.2) is 73.1 Å². The molecule has 1 amide bonds. The van der Waals surface area contributed by atoms with Gasteiger partial charge in [-0.3, -0.25) is 4.79 Å². The molecule has 2 heterocycles. The Bertz CT molecular complexity index is 1130. The fourth-order valence-corrected chi connectivity index (χ4v) is 3.17. The van der Waals surface area contributed by atoms with Crippen LogP contribution >= 0.6 is 0 Å². The van der Waals surface area contributed by atoms with Gasteiger partial charge in [0.25, 0.3) is 5.91 Å². The minimum absolute atomic E-state index is 0.214. The summed E-state index contributed by atoms with van der Waals surface area (Å²) in [4.78, 5) is 12.9. The van der Waals surface area contributed by atoms with E-state index in [0.29, 0.717) is 18.9 Å². The number of rotatable bonds is 6. The molecular weight excluding hydrogens is 369 g/mol. The second kappa shape index (κ2) is 8.10. The maximum atomic E-state index is 13.6. The zero-order valence-electron chi connectivity index (χ0n) is 15.9. The lowest BCUT2D eigenvalue weighted by atomic mass is 10.1. The molecular formula is C22H20FN5O. The first-order valence-corrected chi connectivity index (χ1v) is 9.26. The number of hydrogen-bond acceptors (Lipinski definition) is 3. The molecule has 0 aliphatic carbocycles. The molecule has 29 heavy (non-hydrogen) atoms. The van der Waals surface area contributed by atoms with Gasteiger partial charge in [0.1, 0.15) is 5.82 Å². The van der Waals surface area contributed by atoms with Crippen LogP contribution in [0.3, 0.4) is 0 Å². The molecule has 0 radical (unpaired) electrons. The second-order valence-electron chi connectivity index (χ2n) is 6.75. The molecule has 0 aliphatic rings. The number of halogens is 1. The Hall–Kier alpha value is -3.74. The molecule has 4 aromatic rings. The summed E-state index contributed by atoms with van der Waals surface area (Å²) in [5.41, 5.74) is 3.09. The van der Waals surface area contributed by atoms with Crippen molar-refractivity contribution in [2.24, 2.45) is 0 Å². The lowest BCUT2D eigenvalue weighted by molar-refractivity contribution is 0.0945. The maximum absolute atomic E-state index is 13.6. The molecule has 146 valence electrons. The van der Waals surface area contributed by atoms with Crippen molar-refractivity contribution in [3.8, 4) is 5.82 Å². The second-order valence-corrected chi connectivity index (χ2v) is 6.75. The van der Waals surface area contributed by atoms with E-state index >= 15 is 0 Å². The Morgan fingerprint density at radius 1 is 1.07 bits per heavy atom. The fraction of sp³-hybridized carbons (Fsp3) is 0.136. The lowest BCUT2D eigenvalue weighted by Crippen LogP contribution is -2.25. The van der Waals surface area contributed by atoms with E-state index in [9.17, 15) is 9.18 Å². The van der Waals surface area contributed by atoms with Crippen molar-refractivity contribution in [3.05, 3.63) is 101 Å². The molecule has 2 aromatic heterocycles. The monoisotopic (exact) mass is 389 g/mol. The van der Waals surface area contributed by atoms with Gasteiger partial charge in [-0.25, -0.2) is 9.07 Å². The summed E-state index contributed by atoms with van der Waals surface area (Å²) in [6, 6.07) is 17.9. The van der Waals surface area contributed by atoms with Crippen molar-refractivity contribution in [2.75, 3.05) is 0 Å². The highest BCUT2D eigenvalue weighted by atomic mass is 19.1. The van der Waals surface area contributed by atoms with E-state index in [1.54, 1.807) is 15.3 Å². The van der Waals surface area contributed by atoms with E-state index in [1.165, 1.54) is 12.1 Å². The fourth-order valence-electron chi connectivity index (χ4n) is 3.17. The van der Waals surface area contributed by atoms with Gasteiger partial charge in [0.05, 0.1) is 6.54 Å². The number of benzene rings is 2. The van der Waals surface area contributed by atoms with E-state index in [4.69, 9.17) is 0 Å². The average Bonchev–Trinajstić information content (AvgIpc) is 3.37. The summed E-state index contributed by atoms with van der Waals surface area (Å²) in [6.45, 7) is 2.69. The van der Waals surface area contributed by atoms with Crippen molar-refractivity contribution in [1.29, 1.82) is 0 Å². The van der Waals surface area contributed by atoms with Crippen LogP contribution in [0.25, 0.3) is 5.82 Å². The molecule has 6 nitrogen and oxygen atoms in total. The highest BCUT2D eigenvalue weighted by Crippen LogP contribution is 2.16. The molecule has 0 saturated heterocycles. The Morgan fingerprint density at radius 2 is 1.86 bits per heavy atom. The van der Waals surface area contributed by atoms with E-state index < -0.39 is 0 Å². The van der Waals surface area contributed by atoms with Crippen LogP contribution in [0.1, 0.15) is 27.2 Å². The van der Waals surface area contributed by atoms with Crippen LogP contribution in [0.2, 0.25) is 0 Å². The van der Waals surface area contributed by atoms with Crippen molar-refractivity contribution in [2.45, 2.75) is 20.0 Å². The van der Waals surface area contributed by atoms with Gasteiger partial charge in [-0.15, -0.1) is 5.10 Å². The summed E-state index contributed by atoms with van der Waals surface area (Å²) in [6.07, 6.45) is 3.64. The minimum atomic E-state index is -0.318. The largest absolute Gasteiger partial charge is 0.346 e. The zero-order chi connectivity index (χ0) is 20.2. The number of amides is 1. The lowest BCUT2D eigenvalue weighted by Gasteiger charge is -2.10. The average molecular weight is 389 g/mol. The topological polar surface area (TPSA) is 64.7 Å². The van der Waals surface area contributed by atoms with Gasteiger partial charge in [0.15, 0.2) is 11.5 Å². The number of carbonyl (C=O) groups is 1. The highest BCUT2D eigenvalue weighted by molar-refractivity contribution is 5.95. The predicted octanol–water partition coefficient (Wildman–Crippen LogP) is 3.49. The molecule has 0 spiro atoms. The van der Waals surface area contributed by atoms with Crippen LogP contribution in [-0.4, -0.2) is 25.5 Å². The molecule has 2 aromatic carbocycles. The number of aromatic nitrogens is 4. The summed E-state index contributed by atoms with van der Waals surface area (Å²) >= 11 is 0. The van der Waals surface area contributed by atoms with Crippen molar-refractivity contribution < 1.29 is 9.18 Å². The Balaban J connectivity index is 1.62. The molecule has 0 aliphatic heterocycles. The Labute approximate surface area is 167 Å². The van der Waals surface area contributed by atoms with Crippen LogP contribution < -0.4 is 5.32 Å². The third kappa shape index (κ3) is 4.08. The van der Waals surface area contributed by atoms with Gasteiger partial charge in [0.2, 0.25) is 0 Å². The SMILES string of the molecule is Cc1ccccc1CNC(=O)c1nnn(Cc2cccc(F)c2)c1-n1cccc1. The first-order chi connectivity index (χ1) is 14.1. The van der Waals surface area contributed by atoms with E-state index in [-0.39, 0.29) is 17.4 Å². The molecule has 0 saturated carbocycles. The van der Waals surface area contributed by atoms with Gasteiger partial charge in [0, 0.05) is 18.9 Å². The molecule has 0 fully saturated rings. The van der Waals surface area contributed by atoms with Crippen LogP contribution in [0.4, 0.5) is 4.39 Å². The Morgan fingerprint density at radius 3 is 2.62 bits per heavy atom. The van der Waals surface area contributed by atoms with Crippen molar-refractivity contribution in [1.82, 2.24) is 24.9 Å². The number of carbonyl (C=O) groups excluding carboxylic acids is 1.